The number of hydrogen-bond donors (Lipinski definition) is 1. The first-order valence-corrected chi connectivity index (χ1v) is 13.9. The Morgan fingerprint density at radius 1 is 1.14 bits per heavy atom. The molecule has 0 aliphatic carbocycles. The highest BCUT2D eigenvalue weighted by atomic mass is 16.6. The van der Waals surface area contributed by atoms with Crippen molar-refractivity contribution < 1.29 is 23.8 Å². The van der Waals surface area contributed by atoms with Crippen LogP contribution >= 0.6 is 0 Å². The van der Waals surface area contributed by atoms with E-state index in [0.717, 1.165) is 33.7 Å². The zero-order valence-corrected chi connectivity index (χ0v) is 23.9. The maximum absolute atomic E-state index is 13.9. The Balaban J connectivity index is 1.29. The van der Waals surface area contributed by atoms with Crippen LogP contribution in [0.5, 0.6) is 5.88 Å². The molecule has 4 aromatic rings. The molecule has 0 saturated carbocycles. The predicted molar refractivity (Wildman–Crippen MR) is 155 cm³/mol. The van der Waals surface area contributed by atoms with E-state index in [1.165, 1.54) is 0 Å². The minimum Gasteiger partial charge on any atom is -0.474 e. The number of pyridine rings is 3. The Labute approximate surface area is 242 Å². The zero-order chi connectivity index (χ0) is 29.2. The number of amides is 2. The maximum atomic E-state index is 13.9. The molecule has 2 amide bonds. The fourth-order valence-electron chi connectivity index (χ4n) is 5.73. The highest BCUT2D eigenvalue weighted by molar-refractivity contribution is 6.12. The van der Waals surface area contributed by atoms with Gasteiger partial charge < -0.3 is 29.0 Å². The quantitative estimate of drug-likeness (QED) is 0.383. The van der Waals surface area contributed by atoms with Gasteiger partial charge in [-0.3, -0.25) is 9.78 Å². The number of anilines is 3. The molecule has 1 atom stereocenters. The summed E-state index contributed by atoms with van der Waals surface area (Å²) in [5.41, 5.74) is 3.78. The van der Waals surface area contributed by atoms with Gasteiger partial charge in [-0.1, -0.05) is 0 Å². The minimum atomic E-state index is -0.762. The number of morpholine rings is 1. The number of aryl methyl sites for hydroxylation is 1. The average molecular weight is 570 g/mol. The number of aromatic nitrogens is 4. The van der Waals surface area contributed by atoms with Crippen LogP contribution < -0.4 is 15.0 Å². The Morgan fingerprint density at radius 3 is 2.83 bits per heavy atom. The number of rotatable bonds is 3. The van der Waals surface area contributed by atoms with Crippen molar-refractivity contribution in [3.8, 4) is 17.1 Å². The predicted octanol–water partition coefficient (Wildman–Crippen LogP) is 4.26. The molecule has 0 unspecified atom stereocenters. The highest BCUT2D eigenvalue weighted by Crippen LogP contribution is 2.40. The van der Waals surface area contributed by atoms with Gasteiger partial charge in [0.2, 0.25) is 5.88 Å². The van der Waals surface area contributed by atoms with Crippen molar-refractivity contribution in [3.05, 3.63) is 54.0 Å². The minimum absolute atomic E-state index is 0.0245. The molecule has 0 bridgehead atoms. The van der Waals surface area contributed by atoms with E-state index in [0.29, 0.717) is 54.0 Å². The van der Waals surface area contributed by atoms with E-state index in [4.69, 9.17) is 24.2 Å². The van der Waals surface area contributed by atoms with Crippen LogP contribution in [0.25, 0.3) is 22.3 Å². The summed E-state index contributed by atoms with van der Waals surface area (Å²) in [5, 5.41) is 4.17. The Kier molecular flexibility index (Phi) is 6.05. The van der Waals surface area contributed by atoms with Crippen molar-refractivity contribution in [2.45, 2.75) is 39.0 Å². The molecule has 42 heavy (non-hydrogen) atoms. The molecule has 3 aliphatic heterocycles. The monoisotopic (exact) mass is 569 g/mol. The maximum Gasteiger partial charge on any atom is 0.417 e. The first-order chi connectivity index (χ1) is 20.2. The third kappa shape index (κ3) is 4.38. The van der Waals surface area contributed by atoms with Gasteiger partial charge in [-0.05, 0) is 45.0 Å². The molecule has 0 radical (unpaired) electrons. The first-order valence-electron chi connectivity index (χ1n) is 13.9. The van der Waals surface area contributed by atoms with Gasteiger partial charge in [-0.25, -0.2) is 14.7 Å². The van der Waals surface area contributed by atoms with Crippen molar-refractivity contribution in [2.24, 2.45) is 7.05 Å². The summed E-state index contributed by atoms with van der Waals surface area (Å²) in [6.45, 7) is 7.86. The van der Waals surface area contributed by atoms with Crippen molar-refractivity contribution in [1.29, 1.82) is 0 Å². The summed E-state index contributed by atoms with van der Waals surface area (Å²) < 4.78 is 19.1. The number of carbonyl (C=O) groups is 2. The van der Waals surface area contributed by atoms with E-state index in [9.17, 15) is 9.59 Å². The van der Waals surface area contributed by atoms with Gasteiger partial charge in [0.1, 0.15) is 29.4 Å². The molecular weight excluding hydrogens is 538 g/mol. The number of imide groups is 1. The molecule has 1 saturated heterocycles. The van der Waals surface area contributed by atoms with E-state index in [-0.39, 0.29) is 12.6 Å². The Hall–Kier alpha value is -4.71. The molecule has 1 N–H and O–H groups in total. The Bertz CT molecular complexity index is 1740. The van der Waals surface area contributed by atoms with Gasteiger partial charge in [0.15, 0.2) is 0 Å². The largest absolute Gasteiger partial charge is 0.474 e. The number of hydrogen-bond acceptors (Lipinski definition) is 10. The number of nitrogens with one attached hydrogen (secondary N) is 1. The lowest BCUT2D eigenvalue weighted by molar-refractivity contribution is 0.0248. The lowest BCUT2D eigenvalue weighted by Gasteiger charge is -2.40. The highest BCUT2D eigenvalue weighted by Gasteiger charge is 2.39. The molecule has 12 nitrogen and oxygen atoms in total. The van der Waals surface area contributed by atoms with E-state index in [1.807, 2.05) is 42.1 Å². The first kappa shape index (κ1) is 26.2. The van der Waals surface area contributed by atoms with Gasteiger partial charge in [0.05, 0.1) is 48.9 Å². The lowest BCUT2D eigenvalue weighted by Crippen LogP contribution is -2.51. The standard InChI is InChI=1S/C30H31N7O5/c1-30(2,3)42-29(39)37-14-20-24(28(37)38)21(13-32-25(20)18-7-9-31-26-19(18)8-10-35(26)4)33-23-6-5-22-27(34-23)41-16-17-15-40-12-11-36(17)22/h5-10,13,17H,11-12,14-16H2,1-4H3,(H,33,34)/t17-/m1/s1. The second-order valence-corrected chi connectivity index (χ2v) is 11.6. The molecule has 3 aliphatic rings. The van der Waals surface area contributed by atoms with Crippen LogP contribution in [0, 0.1) is 0 Å². The summed E-state index contributed by atoms with van der Waals surface area (Å²) in [4.78, 5) is 44.4. The normalized spacial score (nSPS) is 17.9. The third-order valence-corrected chi connectivity index (χ3v) is 7.64. The summed E-state index contributed by atoms with van der Waals surface area (Å²) in [6, 6.07) is 7.81. The third-order valence-electron chi connectivity index (χ3n) is 7.64. The van der Waals surface area contributed by atoms with Gasteiger partial charge >= 0.3 is 6.09 Å². The molecule has 0 spiro atoms. The Morgan fingerprint density at radius 2 is 2.00 bits per heavy atom. The van der Waals surface area contributed by atoms with Crippen LogP contribution in [0.4, 0.5) is 22.0 Å². The van der Waals surface area contributed by atoms with Crippen molar-refractivity contribution in [3.63, 3.8) is 0 Å². The number of nitrogens with zero attached hydrogens (tertiary/aromatic N) is 6. The van der Waals surface area contributed by atoms with Crippen molar-refractivity contribution in [1.82, 2.24) is 24.4 Å². The van der Waals surface area contributed by atoms with Crippen molar-refractivity contribution >= 4 is 40.2 Å². The van der Waals surface area contributed by atoms with Crippen molar-refractivity contribution in [2.75, 3.05) is 36.6 Å². The van der Waals surface area contributed by atoms with Crippen LogP contribution in [0.15, 0.2) is 42.9 Å². The van der Waals surface area contributed by atoms with E-state index in [2.05, 4.69) is 15.2 Å². The lowest BCUT2D eigenvalue weighted by atomic mass is 10.0. The number of carbonyl (C=O) groups excluding carboxylic acids is 2. The smallest absolute Gasteiger partial charge is 0.417 e. The van der Waals surface area contributed by atoms with Gasteiger partial charge in [-0.2, -0.15) is 4.98 Å². The molecule has 7 heterocycles. The topological polar surface area (TPSA) is 124 Å². The molecule has 216 valence electrons. The van der Waals surface area contributed by atoms with E-state index < -0.39 is 17.6 Å². The molecular formula is C30H31N7O5. The zero-order valence-electron chi connectivity index (χ0n) is 23.9. The average Bonchev–Trinajstić information content (AvgIpc) is 3.52. The van der Waals surface area contributed by atoms with Crippen LogP contribution in [-0.4, -0.2) is 74.4 Å². The number of ether oxygens (including phenoxy) is 3. The van der Waals surface area contributed by atoms with Crippen LogP contribution in [0.3, 0.4) is 0 Å². The van der Waals surface area contributed by atoms with Gasteiger partial charge in [-0.15, -0.1) is 0 Å². The summed E-state index contributed by atoms with van der Waals surface area (Å²) in [5.74, 6) is 0.550. The molecule has 7 rings (SSSR count). The van der Waals surface area contributed by atoms with Crippen LogP contribution in [0.1, 0.15) is 36.7 Å². The summed E-state index contributed by atoms with van der Waals surface area (Å²) in [7, 11) is 1.92. The SMILES string of the molecule is Cn1ccc2c(-c3ncc(Nc4ccc5c(n4)OC[C@H]4COCCN54)c4c3CN(C(=O)OC(C)(C)C)C4=O)ccnc21. The molecule has 12 heteroatoms. The van der Waals surface area contributed by atoms with Crippen LogP contribution in [0.2, 0.25) is 0 Å². The fourth-order valence-corrected chi connectivity index (χ4v) is 5.73. The second-order valence-electron chi connectivity index (χ2n) is 11.6. The molecule has 1 fully saturated rings. The van der Waals surface area contributed by atoms with E-state index in [1.54, 1.807) is 33.2 Å². The second kappa shape index (κ2) is 9.69. The van der Waals surface area contributed by atoms with Gasteiger partial charge in [0.25, 0.3) is 5.91 Å². The summed E-state index contributed by atoms with van der Waals surface area (Å²) >= 11 is 0. The fraction of sp³-hybridized carbons (Fsp3) is 0.367. The molecule has 4 aromatic heterocycles. The van der Waals surface area contributed by atoms with Crippen LogP contribution in [-0.2, 0) is 23.1 Å². The number of fused-ring (bicyclic) bond motifs is 5. The van der Waals surface area contributed by atoms with E-state index >= 15 is 0 Å². The summed E-state index contributed by atoms with van der Waals surface area (Å²) in [6.07, 6.45) is 4.55. The molecule has 0 aromatic carbocycles. The van der Waals surface area contributed by atoms with Gasteiger partial charge in [0, 0.05) is 42.5 Å².